The Hall–Kier alpha value is -0.830. The van der Waals surface area contributed by atoms with Gasteiger partial charge in [-0.25, -0.2) is 4.98 Å². The number of anilines is 1. The second-order valence-corrected chi connectivity index (χ2v) is 4.02. The van der Waals surface area contributed by atoms with Gasteiger partial charge in [0.25, 0.3) is 0 Å². The van der Waals surface area contributed by atoms with Crippen LogP contribution in [0.2, 0.25) is 0 Å². The quantitative estimate of drug-likeness (QED) is 0.764. The van der Waals surface area contributed by atoms with Crippen LogP contribution >= 0.6 is 11.6 Å². The summed E-state index contributed by atoms with van der Waals surface area (Å²) in [5.74, 6) is 2.01. The molecule has 3 nitrogen and oxygen atoms in total. The lowest BCUT2D eigenvalue weighted by atomic mass is 10.1. The Labute approximate surface area is 89.9 Å². The highest BCUT2D eigenvalue weighted by atomic mass is 35.5. The van der Waals surface area contributed by atoms with Gasteiger partial charge in [0.05, 0.1) is 6.20 Å². The van der Waals surface area contributed by atoms with Gasteiger partial charge in [0, 0.05) is 24.3 Å². The van der Waals surface area contributed by atoms with Crippen molar-refractivity contribution >= 4 is 17.4 Å². The normalized spacial score (nSPS) is 12.9. The molecule has 1 aromatic rings. The maximum atomic E-state index is 5.85. The Morgan fingerprint density at radius 3 is 2.71 bits per heavy atom. The second-order valence-electron chi connectivity index (χ2n) is 3.72. The molecule has 0 fully saturated rings. The molecule has 0 spiro atoms. The fourth-order valence-electron chi connectivity index (χ4n) is 1.31. The minimum Gasteiger partial charge on any atom is -0.365 e. The van der Waals surface area contributed by atoms with Crippen molar-refractivity contribution in [3.63, 3.8) is 0 Å². The van der Waals surface area contributed by atoms with Crippen LogP contribution in [0.3, 0.4) is 0 Å². The molecule has 1 heterocycles. The Kier molecular flexibility index (Phi) is 4.66. The number of hydrogen-bond donors (Lipinski definition) is 1. The molecule has 1 rings (SSSR count). The molecule has 1 atom stereocenters. The first-order valence-electron chi connectivity index (χ1n) is 4.81. The Balaban J connectivity index is 2.48. The van der Waals surface area contributed by atoms with Crippen molar-refractivity contribution in [3.05, 3.63) is 18.6 Å². The third kappa shape index (κ3) is 3.92. The van der Waals surface area contributed by atoms with Gasteiger partial charge >= 0.3 is 0 Å². The van der Waals surface area contributed by atoms with Crippen LogP contribution in [-0.4, -0.2) is 21.9 Å². The van der Waals surface area contributed by atoms with Gasteiger partial charge in [-0.3, -0.25) is 4.98 Å². The van der Waals surface area contributed by atoms with Crippen LogP contribution < -0.4 is 5.32 Å². The molecule has 4 heteroatoms. The van der Waals surface area contributed by atoms with E-state index in [1.807, 2.05) is 0 Å². The lowest BCUT2D eigenvalue weighted by molar-refractivity contribution is 0.541. The monoisotopic (exact) mass is 213 g/mol. The molecule has 78 valence electrons. The average molecular weight is 214 g/mol. The molecule has 0 saturated carbocycles. The van der Waals surface area contributed by atoms with Crippen LogP contribution in [0.1, 0.15) is 20.3 Å². The minimum atomic E-state index is 0.272. The van der Waals surface area contributed by atoms with E-state index in [0.29, 0.717) is 11.8 Å². The highest BCUT2D eigenvalue weighted by Gasteiger charge is 2.09. The van der Waals surface area contributed by atoms with Crippen molar-refractivity contribution in [2.24, 2.45) is 5.92 Å². The summed E-state index contributed by atoms with van der Waals surface area (Å²) in [5.41, 5.74) is 0. The second kappa shape index (κ2) is 5.81. The molecular weight excluding hydrogens is 198 g/mol. The van der Waals surface area contributed by atoms with Gasteiger partial charge in [0.1, 0.15) is 5.82 Å². The van der Waals surface area contributed by atoms with E-state index in [-0.39, 0.29) is 6.04 Å². The van der Waals surface area contributed by atoms with E-state index in [4.69, 9.17) is 11.6 Å². The van der Waals surface area contributed by atoms with Gasteiger partial charge in [0.15, 0.2) is 0 Å². The lowest BCUT2D eigenvalue weighted by Crippen LogP contribution is -2.23. The molecule has 0 amide bonds. The third-order valence-electron chi connectivity index (χ3n) is 1.86. The van der Waals surface area contributed by atoms with Crippen molar-refractivity contribution in [2.45, 2.75) is 26.3 Å². The molecule has 1 aromatic heterocycles. The predicted molar refractivity (Wildman–Crippen MR) is 59.6 cm³/mol. The van der Waals surface area contributed by atoms with E-state index in [2.05, 4.69) is 29.1 Å². The van der Waals surface area contributed by atoms with Crippen LogP contribution in [0.15, 0.2) is 18.6 Å². The van der Waals surface area contributed by atoms with Gasteiger partial charge in [-0.05, 0) is 12.3 Å². The molecule has 0 aliphatic heterocycles. The Bertz CT molecular complexity index is 251. The summed E-state index contributed by atoms with van der Waals surface area (Å²) < 4.78 is 0. The van der Waals surface area contributed by atoms with E-state index < -0.39 is 0 Å². The van der Waals surface area contributed by atoms with E-state index in [1.165, 1.54) is 0 Å². The lowest BCUT2D eigenvalue weighted by Gasteiger charge is -2.18. The first kappa shape index (κ1) is 11.2. The number of halogens is 1. The summed E-state index contributed by atoms with van der Waals surface area (Å²) in [5, 5.41) is 3.25. The summed E-state index contributed by atoms with van der Waals surface area (Å²) in [7, 11) is 0. The smallest absolute Gasteiger partial charge is 0.144 e. The van der Waals surface area contributed by atoms with Crippen LogP contribution in [0.25, 0.3) is 0 Å². The largest absolute Gasteiger partial charge is 0.365 e. The Morgan fingerprint density at radius 2 is 2.21 bits per heavy atom. The molecular formula is C10H16ClN3. The van der Waals surface area contributed by atoms with E-state index in [1.54, 1.807) is 18.6 Å². The fraction of sp³-hybridized carbons (Fsp3) is 0.600. The number of hydrogen-bond acceptors (Lipinski definition) is 3. The molecule has 0 aromatic carbocycles. The molecule has 1 N–H and O–H groups in total. The maximum absolute atomic E-state index is 5.85. The third-order valence-corrected chi connectivity index (χ3v) is 2.23. The fourth-order valence-corrected chi connectivity index (χ4v) is 1.52. The van der Waals surface area contributed by atoms with Crippen LogP contribution in [0.4, 0.5) is 5.82 Å². The number of rotatable bonds is 5. The van der Waals surface area contributed by atoms with E-state index in [0.717, 1.165) is 12.2 Å². The highest BCUT2D eigenvalue weighted by Crippen LogP contribution is 2.10. The van der Waals surface area contributed by atoms with Crippen LogP contribution in [0, 0.1) is 5.92 Å². The van der Waals surface area contributed by atoms with Crippen LogP contribution in [-0.2, 0) is 0 Å². The van der Waals surface area contributed by atoms with Gasteiger partial charge in [-0.15, -0.1) is 11.6 Å². The average Bonchev–Trinajstić information content (AvgIpc) is 2.17. The summed E-state index contributed by atoms with van der Waals surface area (Å²) >= 11 is 5.85. The maximum Gasteiger partial charge on any atom is 0.144 e. The molecule has 0 bridgehead atoms. The van der Waals surface area contributed by atoms with Crippen LogP contribution in [0.5, 0.6) is 0 Å². The summed E-state index contributed by atoms with van der Waals surface area (Å²) in [6.45, 7) is 4.36. The molecule has 0 radical (unpaired) electrons. The SMILES string of the molecule is CC(C)CC(CCl)Nc1cnccn1. The molecule has 0 aliphatic rings. The number of nitrogens with zero attached hydrogens (tertiary/aromatic N) is 2. The van der Waals surface area contributed by atoms with E-state index in [9.17, 15) is 0 Å². The summed E-state index contributed by atoms with van der Waals surface area (Å²) in [6, 6.07) is 0.272. The predicted octanol–water partition coefficient (Wildman–Crippen LogP) is 2.54. The first-order chi connectivity index (χ1) is 6.72. The zero-order valence-corrected chi connectivity index (χ0v) is 9.33. The number of alkyl halides is 1. The molecule has 1 unspecified atom stereocenters. The van der Waals surface area contributed by atoms with Crippen molar-refractivity contribution in [3.8, 4) is 0 Å². The number of nitrogens with one attached hydrogen (secondary N) is 1. The van der Waals surface area contributed by atoms with Gasteiger partial charge in [-0.1, -0.05) is 13.8 Å². The topological polar surface area (TPSA) is 37.8 Å². The van der Waals surface area contributed by atoms with Crippen molar-refractivity contribution in [1.82, 2.24) is 9.97 Å². The molecule has 0 aliphatic carbocycles. The number of aromatic nitrogens is 2. The zero-order chi connectivity index (χ0) is 10.4. The van der Waals surface area contributed by atoms with E-state index >= 15 is 0 Å². The van der Waals surface area contributed by atoms with Gasteiger partial charge < -0.3 is 5.32 Å². The first-order valence-corrected chi connectivity index (χ1v) is 5.34. The molecule has 0 saturated heterocycles. The standard InChI is InChI=1S/C10H16ClN3/c1-8(2)5-9(6-11)14-10-7-12-3-4-13-10/h3-4,7-9H,5-6H2,1-2H3,(H,13,14). The Morgan fingerprint density at radius 1 is 1.43 bits per heavy atom. The summed E-state index contributed by atoms with van der Waals surface area (Å²) in [4.78, 5) is 8.12. The summed E-state index contributed by atoms with van der Waals surface area (Å²) in [6.07, 6.45) is 6.08. The van der Waals surface area contributed by atoms with Gasteiger partial charge in [-0.2, -0.15) is 0 Å². The van der Waals surface area contributed by atoms with Gasteiger partial charge in [0.2, 0.25) is 0 Å². The zero-order valence-electron chi connectivity index (χ0n) is 8.57. The van der Waals surface area contributed by atoms with Crippen molar-refractivity contribution in [2.75, 3.05) is 11.2 Å². The van der Waals surface area contributed by atoms with Crippen molar-refractivity contribution in [1.29, 1.82) is 0 Å². The van der Waals surface area contributed by atoms with Crippen molar-refractivity contribution < 1.29 is 0 Å². The minimum absolute atomic E-state index is 0.272. The molecule has 14 heavy (non-hydrogen) atoms. The highest BCUT2D eigenvalue weighted by molar-refractivity contribution is 6.18.